The summed E-state index contributed by atoms with van der Waals surface area (Å²) in [4.78, 5) is 48.6. The molecule has 0 fully saturated rings. The molecule has 6 heteroatoms. The summed E-state index contributed by atoms with van der Waals surface area (Å²) in [6.07, 6.45) is 19.8. The van der Waals surface area contributed by atoms with Crippen molar-refractivity contribution in [3.8, 4) is 0 Å². The van der Waals surface area contributed by atoms with Crippen LogP contribution in [0.15, 0.2) is 120 Å². The zero-order valence-corrected chi connectivity index (χ0v) is 37.2. The van der Waals surface area contributed by atoms with Crippen LogP contribution in [0.2, 0.25) is 0 Å². The molecule has 0 radical (unpaired) electrons. The third-order valence-corrected chi connectivity index (χ3v) is 12.2. The molecule has 0 amide bonds. The Labute approximate surface area is 350 Å². The molecule has 3 heterocycles. The molecule has 0 saturated carbocycles. The highest BCUT2D eigenvalue weighted by atomic mass is 16.1. The molecule has 3 aliphatic rings. The summed E-state index contributed by atoms with van der Waals surface area (Å²) in [5, 5.41) is 0. The number of carbonyl (C=O) groups is 3. The van der Waals surface area contributed by atoms with Crippen molar-refractivity contribution in [2.75, 3.05) is 32.7 Å². The number of Topliss-reactive ketones (excluding diaryl/α,β-unsaturated/α-hetero) is 2. The minimum Gasteiger partial charge on any atom is -0.377 e. The topological polar surface area (TPSA) is 60.9 Å². The van der Waals surface area contributed by atoms with Gasteiger partial charge in [-0.05, 0) is 59.0 Å². The van der Waals surface area contributed by atoms with Crippen molar-refractivity contribution in [2.24, 2.45) is 39.9 Å². The highest BCUT2D eigenvalue weighted by Gasteiger charge is 2.41. The van der Waals surface area contributed by atoms with Crippen LogP contribution >= 0.6 is 0 Å². The summed E-state index contributed by atoms with van der Waals surface area (Å²) in [7, 11) is 0. The van der Waals surface area contributed by atoms with Crippen LogP contribution in [0.4, 0.5) is 0 Å². The van der Waals surface area contributed by atoms with Gasteiger partial charge in [-0.15, -0.1) is 0 Å². The fourth-order valence-electron chi connectivity index (χ4n) is 8.61. The predicted molar refractivity (Wildman–Crippen MR) is 241 cm³/mol. The number of allylic oxidation sites excluding steroid dienone is 7. The minimum absolute atomic E-state index is 0.00705. The molecule has 0 saturated heterocycles. The lowest BCUT2D eigenvalue weighted by atomic mass is 9.67. The first-order valence-electron chi connectivity index (χ1n) is 21.5. The molecular formula is C52H69N3O3. The molecule has 0 N–H and O–H groups in total. The van der Waals surface area contributed by atoms with E-state index in [0.29, 0.717) is 28.9 Å². The summed E-state index contributed by atoms with van der Waals surface area (Å²) in [6.45, 7) is 28.4. The molecule has 2 atom stereocenters. The Hall–Kier alpha value is -4.71. The van der Waals surface area contributed by atoms with Gasteiger partial charge in [0.25, 0.3) is 0 Å². The maximum Gasteiger partial charge on any atom is 0.191 e. The third kappa shape index (κ3) is 11.1. The Morgan fingerprint density at radius 1 is 0.707 bits per heavy atom. The van der Waals surface area contributed by atoms with E-state index in [9.17, 15) is 14.4 Å². The average Bonchev–Trinajstić information content (AvgIpc) is 3.15. The predicted octanol–water partition coefficient (Wildman–Crippen LogP) is 11.4. The summed E-state index contributed by atoms with van der Waals surface area (Å²) < 4.78 is 0. The number of benzene rings is 2. The lowest BCUT2D eigenvalue weighted by molar-refractivity contribution is -0.113. The van der Waals surface area contributed by atoms with Crippen LogP contribution in [-0.4, -0.2) is 64.8 Å². The fraction of sp³-hybridized carbons (Fsp3) is 0.481. The van der Waals surface area contributed by atoms with E-state index >= 15 is 0 Å². The monoisotopic (exact) mass is 784 g/mol. The molecule has 2 aromatic rings. The maximum absolute atomic E-state index is 14.2. The van der Waals surface area contributed by atoms with E-state index in [-0.39, 0.29) is 39.5 Å². The van der Waals surface area contributed by atoms with E-state index in [1.54, 1.807) is 6.08 Å². The van der Waals surface area contributed by atoms with Crippen molar-refractivity contribution in [1.29, 1.82) is 0 Å². The first kappa shape index (κ1) is 44.4. The van der Waals surface area contributed by atoms with Gasteiger partial charge < -0.3 is 14.7 Å². The first-order chi connectivity index (χ1) is 27.3. The normalized spacial score (nSPS) is 20.7. The largest absolute Gasteiger partial charge is 0.377 e. The third-order valence-electron chi connectivity index (χ3n) is 12.2. The second-order valence-electron chi connectivity index (χ2n) is 19.7. The van der Waals surface area contributed by atoms with Gasteiger partial charge in [-0.25, -0.2) is 0 Å². The number of carbonyl (C=O) groups excluding carboxylic acids is 3. The quantitative estimate of drug-likeness (QED) is 0.0960. The van der Waals surface area contributed by atoms with Gasteiger partial charge in [-0.2, -0.15) is 0 Å². The molecule has 5 rings (SSSR count). The van der Waals surface area contributed by atoms with Gasteiger partial charge in [0.2, 0.25) is 0 Å². The lowest BCUT2D eigenvalue weighted by Gasteiger charge is -2.45. The second-order valence-corrected chi connectivity index (χ2v) is 19.7. The highest BCUT2D eigenvalue weighted by molar-refractivity contribution is 6.12. The van der Waals surface area contributed by atoms with Crippen LogP contribution in [0.1, 0.15) is 115 Å². The molecule has 6 nitrogen and oxygen atoms in total. The van der Waals surface area contributed by atoms with Crippen LogP contribution in [0.5, 0.6) is 0 Å². The van der Waals surface area contributed by atoms with E-state index in [0.717, 1.165) is 67.8 Å². The van der Waals surface area contributed by atoms with Crippen LogP contribution in [0, 0.1) is 39.9 Å². The van der Waals surface area contributed by atoms with Gasteiger partial charge in [-0.3, -0.25) is 14.4 Å². The molecular weight excluding hydrogens is 715 g/mol. The van der Waals surface area contributed by atoms with Crippen LogP contribution < -0.4 is 0 Å². The van der Waals surface area contributed by atoms with E-state index < -0.39 is 0 Å². The standard InChI is InChI=1S/C52H69N3O3/c1-37(2)30-53-27-25-50(6,7)45(35-53)48(57)41-21-23-42(24-22-41)49(58)46-36-54(28-26-51(46,8)9)32-39(5)29-43-33-55(31-38(3)4)34-44(52(43,10)11)47(56)20-16-15-19-40-17-13-12-14-18-40/h12-25,27,34-39,43H,26,28-33H2,1-11H3/b19-15+,20-16+. The fourth-order valence-corrected chi connectivity index (χ4v) is 8.61. The van der Waals surface area contributed by atoms with Crippen molar-refractivity contribution < 1.29 is 14.4 Å². The molecule has 0 bridgehead atoms. The van der Waals surface area contributed by atoms with Gasteiger partial charge in [-0.1, -0.05) is 155 Å². The molecule has 2 unspecified atom stereocenters. The van der Waals surface area contributed by atoms with Crippen molar-refractivity contribution in [3.05, 3.63) is 137 Å². The van der Waals surface area contributed by atoms with E-state index in [4.69, 9.17) is 0 Å². The lowest BCUT2D eigenvalue weighted by Crippen LogP contribution is -2.45. The Morgan fingerprint density at radius 3 is 1.93 bits per heavy atom. The number of ketones is 3. The van der Waals surface area contributed by atoms with Crippen LogP contribution in [0.3, 0.4) is 0 Å². The number of hydrogen-bond acceptors (Lipinski definition) is 6. The Balaban J connectivity index is 1.28. The van der Waals surface area contributed by atoms with Gasteiger partial charge in [0.1, 0.15) is 0 Å². The zero-order chi connectivity index (χ0) is 42.4. The smallest absolute Gasteiger partial charge is 0.191 e. The number of hydrogen-bond donors (Lipinski definition) is 0. The van der Waals surface area contributed by atoms with E-state index in [1.807, 2.05) is 79.0 Å². The molecule has 58 heavy (non-hydrogen) atoms. The van der Waals surface area contributed by atoms with Gasteiger partial charge in [0.15, 0.2) is 17.3 Å². The summed E-state index contributed by atoms with van der Waals surface area (Å²) in [6, 6.07) is 17.4. The number of nitrogens with zero attached hydrogens (tertiary/aromatic N) is 3. The first-order valence-corrected chi connectivity index (χ1v) is 21.5. The average molecular weight is 784 g/mol. The Kier molecular flexibility index (Phi) is 14.1. The SMILES string of the molecule is CC(C)CN1C=CC(C)(C)C(C(=O)c2ccc(C(=O)C3=CN(CC(C)CC4CN(CC(C)C)C=C(C(=O)/C=C/C=C/c5ccccc5)C4(C)C)CCC3(C)C)cc2)=C1. The Bertz CT molecular complexity index is 1970. The molecule has 3 aliphatic heterocycles. The van der Waals surface area contributed by atoms with Crippen LogP contribution in [-0.2, 0) is 4.79 Å². The highest BCUT2D eigenvalue weighted by Crippen LogP contribution is 2.44. The summed E-state index contributed by atoms with van der Waals surface area (Å²) in [5.41, 5.74) is 3.76. The number of rotatable bonds is 16. The van der Waals surface area contributed by atoms with Crippen molar-refractivity contribution in [1.82, 2.24) is 14.7 Å². The van der Waals surface area contributed by atoms with Gasteiger partial charge >= 0.3 is 0 Å². The van der Waals surface area contributed by atoms with Gasteiger partial charge in [0, 0.05) is 90.8 Å². The van der Waals surface area contributed by atoms with Crippen molar-refractivity contribution >= 4 is 23.4 Å². The molecule has 310 valence electrons. The second kappa shape index (κ2) is 18.5. The zero-order valence-electron chi connectivity index (χ0n) is 37.2. The molecule has 0 spiro atoms. The molecule has 0 aromatic heterocycles. The Morgan fingerprint density at radius 2 is 1.31 bits per heavy atom. The molecule has 0 aliphatic carbocycles. The maximum atomic E-state index is 14.2. The van der Waals surface area contributed by atoms with Crippen molar-refractivity contribution in [3.63, 3.8) is 0 Å². The van der Waals surface area contributed by atoms with E-state index in [2.05, 4.69) is 116 Å². The van der Waals surface area contributed by atoms with Gasteiger partial charge in [0.05, 0.1) is 0 Å². The summed E-state index contributed by atoms with van der Waals surface area (Å²) in [5.74, 6) is 1.65. The minimum atomic E-state index is -0.384. The van der Waals surface area contributed by atoms with Crippen molar-refractivity contribution in [2.45, 2.75) is 89.0 Å². The molecule has 2 aromatic carbocycles. The van der Waals surface area contributed by atoms with Crippen LogP contribution in [0.25, 0.3) is 6.08 Å². The summed E-state index contributed by atoms with van der Waals surface area (Å²) >= 11 is 0. The van der Waals surface area contributed by atoms with E-state index in [1.165, 1.54) is 0 Å².